The molecule has 0 radical (unpaired) electrons. The molecule has 14 heavy (non-hydrogen) atoms. The monoisotopic (exact) mass is 193 g/mol. The van der Waals surface area contributed by atoms with E-state index in [1.807, 2.05) is 19.1 Å². The van der Waals surface area contributed by atoms with Gasteiger partial charge in [0.2, 0.25) is 0 Å². The van der Waals surface area contributed by atoms with Gasteiger partial charge >= 0.3 is 0 Å². The lowest BCUT2D eigenvalue weighted by atomic mass is 10.2. The highest BCUT2D eigenvalue weighted by Crippen LogP contribution is 2.08. The van der Waals surface area contributed by atoms with Gasteiger partial charge in [0.25, 0.3) is 0 Å². The zero-order valence-corrected chi connectivity index (χ0v) is 8.49. The van der Waals surface area contributed by atoms with Crippen LogP contribution in [0.1, 0.15) is 24.6 Å². The number of aromatic nitrogens is 1. The second kappa shape index (κ2) is 5.21. The number of hydrogen-bond donors (Lipinski definition) is 2. The lowest BCUT2D eigenvalue weighted by Crippen LogP contribution is -2.03. The first-order chi connectivity index (χ1) is 6.77. The van der Waals surface area contributed by atoms with Crippen LogP contribution in [0.2, 0.25) is 0 Å². The molecule has 0 amide bonds. The van der Waals surface area contributed by atoms with E-state index in [-0.39, 0.29) is 0 Å². The average molecular weight is 193 g/mol. The van der Waals surface area contributed by atoms with Crippen LogP contribution >= 0.6 is 0 Å². The second-order valence-electron chi connectivity index (χ2n) is 3.04. The molecule has 4 heteroatoms. The van der Waals surface area contributed by atoms with Gasteiger partial charge in [-0.1, -0.05) is 12.1 Å². The van der Waals surface area contributed by atoms with Gasteiger partial charge in [-0.25, -0.2) is 4.98 Å². The van der Waals surface area contributed by atoms with Crippen LogP contribution in [-0.4, -0.2) is 23.0 Å². The highest BCUT2D eigenvalue weighted by atomic mass is 16.4. The van der Waals surface area contributed by atoms with Crippen molar-refractivity contribution in [1.82, 2.24) is 4.98 Å². The normalized spacial score (nSPS) is 10.7. The standard InChI is InChI=1S/C10H15N3O/c1-3-6-11-10-5-4-9(7-12-14)8(2)13-10/h4-5,7,14H,3,6H2,1-2H3,(H,11,13). The van der Waals surface area contributed by atoms with Crippen molar-refractivity contribution in [2.45, 2.75) is 20.3 Å². The van der Waals surface area contributed by atoms with Crippen LogP contribution in [0, 0.1) is 6.92 Å². The number of oxime groups is 1. The quantitative estimate of drug-likeness (QED) is 0.437. The van der Waals surface area contributed by atoms with E-state index in [1.165, 1.54) is 6.21 Å². The Bertz CT molecular complexity index is 323. The summed E-state index contributed by atoms with van der Waals surface area (Å²) in [6.07, 6.45) is 2.45. The van der Waals surface area contributed by atoms with E-state index in [0.717, 1.165) is 30.0 Å². The number of rotatable bonds is 4. The van der Waals surface area contributed by atoms with E-state index >= 15 is 0 Å². The molecule has 1 aromatic heterocycles. The fraction of sp³-hybridized carbons (Fsp3) is 0.400. The van der Waals surface area contributed by atoms with Gasteiger partial charge in [0, 0.05) is 17.8 Å². The topological polar surface area (TPSA) is 57.5 Å². The third-order valence-corrected chi connectivity index (χ3v) is 1.88. The third kappa shape index (κ3) is 2.73. The van der Waals surface area contributed by atoms with E-state index in [4.69, 9.17) is 5.21 Å². The lowest BCUT2D eigenvalue weighted by Gasteiger charge is -2.05. The van der Waals surface area contributed by atoms with Gasteiger partial charge in [0.15, 0.2) is 0 Å². The van der Waals surface area contributed by atoms with E-state index in [2.05, 4.69) is 22.4 Å². The Morgan fingerprint density at radius 1 is 1.57 bits per heavy atom. The van der Waals surface area contributed by atoms with Crippen LogP contribution in [0.3, 0.4) is 0 Å². The van der Waals surface area contributed by atoms with Crippen LogP contribution < -0.4 is 5.32 Å². The largest absolute Gasteiger partial charge is 0.411 e. The zero-order valence-electron chi connectivity index (χ0n) is 8.49. The average Bonchev–Trinajstić information content (AvgIpc) is 2.19. The van der Waals surface area contributed by atoms with E-state index in [9.17, 15) is 0 Å². The molecule has 1 rings (SSSR count). The first-order valence-corrected chi connectivity index (χ1v) is 4.67. The predicted octanol–water partition coefficient (Wildman–Crippen LogP) is 2.02. The minimum Gasteiger partial charge on any atom is -0.411 e. The molecular weight excluding hydrogens is 178 g/mol. The van der Waals surface area contributed by atoms with Crippen LogP contribution in [0.15, 0.2) is 17.3 Å². The molecular formula is C10H15N3O. The molecule has 1 aromatic rings. The summed E-state index contributed by atoms with van der Waals surface area (Å²) in [5.41, 5.74) is 1.68. The molecule has 0 unspecified atom stereocenters. The van der Waals surface area contributed by atoms with Gasteiger partial charge in [0.05, 0.1) is 6.21 Å². The molecule has 4 nitrogen and oxygen atoms in total. The summed E-state index contributed by atoms with van der Waals surface area (Å²) in [4.78, 5) is 4.32. The Morgan fingerprint density at radius 3 is 2.93 bits per heavy atom. The van der Waals surface area contributed by atoms with Crippen molar-refractivity contribution in [3.63, 3.8) is 0 Å². The predicted molar refractivity (Wildman–Crippen MR) is 57.1 cm³/mol. The van der Waals surface area contributed by atoms with Crippen molar-refractivity contribution in [3.8, 4) is 0 Å². The van der Waals surface area contributed by atoms with Crippen molar-refractivity contribution in [3.05, 3.63) is 23.4 Å². The molecule has 0 bridgehead atoms. The molecule has 0 aliphatic heterocycles. The zero-order chi connectivity index (χ0) is 10.4. The summed E-state index contributed by atoms with van der Waals surface area (Å²) in [6.45, 7) is 4.90. The van der Waals surface area contributed by atoms with Crippen LogP contribution in [0.4, 0.5) is 5.82 Å². The fourth-order valence-corrected chi connectivity index (χ4v) is 1.12. The van der Waals surface area contributed by atoms with E-state index in [1.54, 1.807) is 0 Å². The summed E-state index contributed by atoms with van der Waals surface area (Å²) < 4.78 is 0. The molecule has 1 heterocycles. The molecule has 0 aromatic carbocycles. The molecule has 76 valence electrons. The summed E-state index contributed by atoms with van der Waals surface area (Å²) in [5, 5.41) is 14.5. The lowest BCUT2D eigenvalue weighted by molar-refractivity contribution is 0.322. The maximum Gasteiger partial charge on any atom is 0.126 e. The number of aryl methyl sites for hydroxylation is 1. The third-order valence-electron chi connectivity index (χ3n) is 1.88. The first-order valence-electron chi connectivity index (χ1n) is 4.67. The number of anilines is 1. The number of nitrogens with one attached hydrogen (secondary N) is 1. The second-order valence-corrected chi connectivity index (χ2v) is 3.04. The highest BCUT2D eigenvalue weighted by Gasteiger charge is 1.98. The summed E-state index contributed by atoms with van der Waals surface area (Å²) in [5.74, 6) is 0.861. The van der Waals surface area contributed by atoms with Gasteiger partial charge in [-0.2, -0.15) is 0 Å². The van der Waals surface area contributed by atoms with Crippen molar-refractivity contribution in [1.29, 1.82) is 0 Å². The number of pyridine rings is 1. The Labute approximate surface area is 83.7 Å². The van der Waals surface area contributed by atoms with Crippen molar-refractivity contribution >= 4 is 12.0 Å². The smallest absolute Gasteiger partial charge is 0.126 e. The molecule has 0 aliphatic carbocycles. The highest BCUT2D eigenvalue weighted by molar-refractivity contribution is 5.80. The minimum absolute atomic E-state index is 0.828. The molecule has 0 fully saturated rings. The van der Waals surface area contributed by atoms with Crippen LogP contribution in [0.25, 0.3) is 0 Å². The Kier molecular flexibility index (Phi) is 3.91. The number of hydrogen-bond acceptors (Lipinski definition) is 4. The van der Waals surface area contributed by atoms with Gasteiger partial charge in [-0.3, -0.25) is 0 Å². The molecule has 0 saturated carbocycles. The van der Waals surface area contributed by atoms with Crippen LogP contribution in [-0.2, 0) is 0 Å². The Morgan fingerprint density at radius 2 is 2.36 bits per heavy atom. The number of nitrogens with zero attached hydrogens (tertiary/aromatic N) is 2. The molecule has 2 N–H and O–H groups in total. The Balaban J connectivity index is 2.78. The summed E-state index contributed by atoms with van der Waals surface area (Å²) >= 11 is 0. The molecule has 0 aliphatic rings. The van der Waals surface area contributed by atoms with Gasteiger partial charge in [0.1, 0.15) is 5.82 Å². The maximum atomic E-state index is 8.38. The Hall–Kier alpha value is -1.58. The summed E-state index contributed by atoms with van der Waals surface area (Å²) in [6, 6.07) is 3.75. The molecule has 0 spiro atoms. The molecule has 0 saturated heterocycles. The summed E-state index contributed by atoms with van der Waals surface area (Å²) in [7, 11) is 0. The van der Waals surface area contributed by atoms with Crippen molar-refractivity contribution < 1.29 is 5.21 Å². The first kappa shape index (κ1) is 10.5. The maximum absolute atomic E-state index is 8.38. The van der Waals surface area contributed by atoms with Crippen molar-refractivity contribution in [2.24, 2.45) is 5.16 Å². The minimum atomic E-state index is 0.828. The van der Waals surface area contributed by atoms with Crippen LogP contribution in [0.5, 0.6) is 0 Å². The van der Waals surface area contributed by atoms with Crippen molar-refractivity contribution in [2.75, 3.05) is 11.9 Å². The van der Waals surface area contributed by atoms with Gasteiger partial charge < -0.3 is 10.5 Å². The van der Waals surface area contributed by atoms with Gasteiger partial charge in [-0.05, 0) is 25.5 Å². The molecule has 0 atom stereocenters. The van der Waals surface area contributed by atoms with E-state index in [0.29, 0.717) is 0 Å². The fourth-order valence-electron chi connectivity index (χ4n) is 1.12. The van der Waals surface area contributed by atoms with E-state index < -0.39 is 0 Å². The van der Waals surface area contributed by atoms with Gasteiger partial charge in [-0.15, -0.1) is 0 Å². The SMILES string of the molecule is CCCNc1ccc(C=NO)c(C)n1.